The smallest absolute Gasteiger partial charge is 0.392 e. The SMILES string of the molecule is CC(C)[C@H](CNc1ccc(CO)c(S(C)(=O)=O)c1)Nc1nc(C(F)(F)F)c(C(C)(C)O)s1. The fourth-order valence-electron chi connectivity index (χ4n) is 2.97. The Hall–Kier alpha value is -1.89. The maximum absolute atomic E-state index is 13.4. The number of alkyl halides is 3. The van der Waals surface area contributed by atoms with Crippen LogP contribution >= 0.6 is 11.3 Å². The lowest BCUT2D eigenvalue weighted by molar-refractivity contribution is -0.143. The van der Waals surface area contributed by atoms with Crippen molar-refractivity contribution < 1.29 is 31.8 Å². The van der Waals surface area contributed by atoms with Crippen molar-refractivity contribution >= 4 is 32.0 Å². The van der Waals surface area contributed by atoms with Gasteiger partial charge in [-0.3, -0.25) is 0 Å². The van der Waals surface area contributed by atoms with Crippen molar-refractivity contribution in [2.75, 3.05) is 23.4 Å². The molecule has 0 bridgehead atoms. The van der Waals surface area contributed by atoms with Crippen LogP contribution in [0.2, 0.25) is 0 Å². The van der Waals surface area contributed by atoms with Crippen LogP contribution in [0.1, 0.15) is 43.8 Å². The van der Waals surface area contributed by atoms with Crippen LogP contribution in [0.25, 0.3) is 0 Å². The molecule has 2 aromatic rings. The summed E-state index contributed by atoms with van der Waals surface area (Å²) in [7, 11) is -3.56. The molecule has 0 unspecified atom stereocenters. The molecule has 12 heteroatoms. The highest BCUT2D eigenvalue weighted by Gasteiger charge is 2.41. The summed E-state index contributed by atoms with van der Waals surface area (Å²) in [5.41, 5.74) is -2.06. The summed E-state index contributed by atoms with van der Waals surface area (Å²) in [5, 5.41) is 25.6. The lowest BCUT2D eigenvalue weighted by Crippen LogP contribution is -2.33. The Kier molecular flexibility index (Phi) is 7.86. The van der Waals surface area contributed by atoms with Crippen molar-refractivity contribution in [2.24, 2.45) is 5.92 Å². The van der Waals surface area contributed by atoms with Crippen LogP contribution in [-0.2, 0) is 28.2 Å². The van der Waals surface area contributed by atoms with Crippen molar-refractivity contribution in [3.8, 4) is 0 Å². The molecule has 0 saturated carbocycles. The first-order chi connectivity index (χ1) is 14.5. The molecule has 4 N–H and O–H groups in total. The van der Waals surface area contributed by atoms with E-state index in [9.17, 15) is 31.8 Å². The lowest BCUT2D eigenvalue weighted by Gasteiger charge is -2.23. The third-order valence-corrected chi connectivity index (χ3v) is 7.21. The third kappa shape index (κ3) is 6.56. The van der Waals surface area contributed by atoms with Gasteiger partial charge in [0.05, 0.1) is 22.0 Å². The summed E-state index contributed by atoms with van der Waals surface area (Å²) in [5.74, 6) is -0.0163. The first-order valence-corrected chi connectivity index (χ1v) is 12.5. The second-order valence-corrected chi connectivity index (χ2v) is 11.4. The summed E-state index contributed by atoms with van der Waals surface area (Å²) in [6.07, 6.45) is -3.65. The van der Waals surface area contributed by atoms with Crippen LogP contribution < -0.4 is 10.6 Å². The molecule has 180 valence electrons. The number of thiazole rings is 1. The van der Waals surface area contributed by atoms with E-state index < -0.39 is 33.9 Å². The van der Waals surface area contributed by atoms with Crippen molar-refractivity contribution in [3.63, 3.8) is 0 Å². The molecular weight excluding hydrogens is 467 g/mol. The minimum absolute atomic E-state index is 0.00335. The second-order valence-electron chi connectivity index (χ2n) is 8.38. The first kappa shape index (κ1) is 26.4. The van der Waals surface area contributed by atoms with Gasteiger partial charge in [-0.25, -0.2) is 13.4 Å². The molecule has 0 aliphatic carbocycles. The number of hydrogen-bond donors (Lipinski definition) is 4. The number of rotatable bonds is 9. The van der Waals surface area contributed by atoms with Crippen molar-refractivity contribution in [1.29, 1.82) is 0 Å². The Balaban J connectivity index is 2.26. The number of sulfone groups is 1. The number of nitrogens with one attached hydrogen (secondary N) is 2. The fraction of sp³-hybridized carbons (Fsp3) is 0.550. The normalized spacial score (nSPS) is 14.0. The standard InChI is InChI=1S/C20H28F3N3O4S2/c1-11(2)14(9-24-13-7-6-12(10-27)15(8-13)32(5,29)30)25-18-26-16(20(21,22)23)17(31-18)19(3,4)28/h6-8,11,14,24,27-28H,9-10H2,1-5H3,(H,25,26)/t14-/m0/s1. The van der Waals surface area contributed by atoms with Crippen LogP contribution in [0.15, 0.2) is 23.1 Å². The average molecular weight is 496 g/mol. The second kappa shape index (κ2) is 9.54. The molecule has 0 amide bonds. The number of aliphatic hydroxyl groups is 2. The summed E-state index contributed by atoms with van der Waals surface area (Å²) >= 11 is 0.744. The zero-order valence-electron chi connectivity index (χ0n) is 18.4. The Morgan fingerprint density at radius 1 is 1.22 bits per heavy atom. The van der Waals surface area contributed by atoms with E-state index >= 15 is 0 Å². The predicted molar refractivity (Wildman–Crippen MR) is 119 cm³/mol. The summed E-state index contributed by atoms with van der Waals surface area (Å²) in [6.45, 7) is 6.15. The Labute approximate surface area is 189 Å². The molecule has 7 nitrogen and oxygen atoms in total. The monoisotopic (exact) mass is 495 g/mol. The van der Waals surface area contributed by atoms with Crippen LogP contribution in [-0.4, -0.2) is 42.5 Å². The molecular formula is C20H28F3N3O4S2. The van der Waals surface area contributed by atoms with Gasteiger partial charge >= 0.3 is 6.18 Å². The van der Waals surface area contributed by atoms with Gasteiger partial charge in [-0.15, -0.1) is 0 Å². The molecule has 0 aliphatic rings. The number of benzene rings is 1. The van der Waals surface area contributed by atoms with E-state index in [-0.39, 0.29) is 39.0 Å². The average Bonchev–Trinajstić information content (AvgIpc) is 3.09. The van der Waals surface area contributed by atoms with Crippen LogP contribution in [0.4, 0.5) is 24.0 Å². The van der Waals surface area contributed by atoms with Gasteiger partial charge in [0, 0.05) is 24.5 Å². The van der Waals surface area contributed by atoms with E-state index in [2.05, 4.69) is 15.6 Å². The molecule has 0 saturated heterocycles. The Morgan fingerprint density at radius 3 is 2.28 bits per heavy atom. The molecule has 0 spiro atoms. The molecule has 1 aromatic carbocycles. The van der Waals surface area contributed by atoms with E-state index in [1.807, 2.05) is 13.8 Å². The number of aromatic nitrogens is 1. The molecule has 2 rings (SSSR count). The number of anilines is 2. The zero-order chi connectivity index (χ0) is 24.5. The van der Waals surface area contributed by atoms with Gasteiger partial charge in [0.15, 0.2) is 20.7 Å². The van der Waals surface area contributed by atoms with Gasteiger partial charge < -0.3 is 20.8 Å². The molecule has 1 atom stereocenters. The van der Waals surface area contributed by atoms with E-state index in [0.29, 0.717) is 5.69 Å². The highest BCUT2D eigenvalue weighted by atomic mass is 32.2. The quantitative estimate of drug-likeness (QED) is 0.418. The molecule has 0 fully saturated rings. The minimum atomic E-state index is -4.70. The first-order valence-electron chi connectivity index (χ1n) is 9.79. The van der Waals surface area contributed by atoms with Gasteiger partial charge in [0.2, 0.25) is 0 Å². The maximum Gasteiger partial charge on any atom is 0.434 e. The van der Waals surface area contributed by atoms with Crippen molar-refractivity contribution in [3.05, 3.63) is 34.3 Å². The van der Waals surface area contributed by atoms with Gasteiger partial charge in [0.25, 0.3) is 0 Å². The van der Waals surface area contributed by atoms with Gasteiger partial charge in [-0.1, -0.05) is 31.3 Å². The minimum Gasteiger partial charge on any atom is -0.392 e. The lowest BCUT2D eigenvalue weighted by atomic mass is 10.0. The third-order valence-electron chi connectivity index (χ3n) is 4.73. The number of aliphatic hydroxyl groups excluding tert-OH is 1. The topological polar surface area (TPSA) is 112 Å². The van der Waals surface area contributed by atoms with Crippen LogP contribution in [0.3, 0.4) is 0 Å². The van der Waals surface area contributed by atoms with Gasteiger partial charge in [-0.2, -0.15) is 13.2 Å². The van der Waals surface area contributed by atoms with Crippen molar-refractivity contribution in [2.45, 2.75) is 57.0 Å². The van der Waals surface area contributed by atoms with Crippen molar-refractivity contribution in [1.82, 2.24) is 4.98 Å². The summed E-state index contributed by atoms with van der Waals surface area (Å²) in [6, 6.07) is 4.18. The highest BCUT2D eigenvalue weighted by Crippen LogP contribution is 2.41. The van der Waals surface area contributed by atoms with E-state index in [4.69, 9.17) is 0 Å². The highest BCUT2D eigenvalue weighted by molar-refractivity contribution is 7.90. The molecule has 1 heterocycles. The summed E-state index contributed by atoms with van der Waals surface area (Å²) < 4.78 is 64.1. The van der Waals surface area contributed by atoms with E-state index in [0.717, 1.165) is 17.6 Å². The number of nitrogens with zero attached hydrogens (tertiary/aromatic N) is 1. The van der Waals surface area contributed by atoms with E-state index in [1.54, 1.807) is 6.07 Å². The molecule has 1 aromatic heterocycles. The predicted octanol–water partition coefficient (Wildman–Crippen LogP) is 3.83. The Morgan fingerprint density at radius 2 is 1.84 bits per heavy atom. The van der Waals surface area contributed by atoms with Gasteiger partial charge in [0.1, 0.15) is 0 Å². The number of halogens is 3. The number of hydrogen-bond acceptors (Lipinski definition) is 8. The van der Waals surface area contributed by atoms with Gasteiger partial charge in [-0.05, 0) is 37.5 Å². The van der Waals surface area contributed by atoms with Crippen LogP contribution in [0, 0.1) is 5.92 Å². The molecule has 32 heavy (non-hydrogen) atoms. The fourth-order valence-corrected chi connectivity index (χ4v) is 4.97. The zero-order valence-corrected chi connectivity index (χ0v) is 20.0. The summed E-state index contributed by atoms with van der Waals surface area (Å²) in [4.78, 5) is 3.41. The van der Waals surface area contributed by atoms with Crippen LogP contribution in [0.5, 0.6) is 0 Å². The Bertz CT molecular complexity index is 1010. The maximum atomic E-state index is 13.4. The van der Waals surface area contributed by atoms with E-state index in [1.165, 1.54) is 26.0 Å². The molecule has 0 aliphatic heterocycles. The molecule has 0 radical (unpaired) electrons. The largest absolute Gasteiger partial charge is 0.434 e.